The van der Waals surface area contributed by atoms with Crippen LogP contribution in [0.3, 0.4) is 0 Å². The van der Waals surface area contributed by atoms with E-state index < -0.39 is 41.3 Å². The van der Waals surface area contributed by atoms with Crippen LogP contribution in [0.2, 0.25) is 0 Å². The molecule has 2 aromatic rings. The van der Waals surface area contributed by atoms with E-state index in [0.717, 1.165) is 42.2 Å². The molecule has 1 aliphatic rings. The Morgan fingerprint density at radius 2 is 1.83 bits per heavy atom. The van der Waals surface area contributed by atoms with E-state index in [4.69, 9.17) is 4.74 Å². The second-order valence-electron chi connectivity index (χ2n) is 6.60. The number of amides is 3. The molecule has 1 saturated heterocycles. The Morgan fingerprint density at radius 3 is 2.50 bits per heavy atom. The van der Waals surface area contributed by atoms with Crippen molar-refractivity contribution in [2.75, 3.05) is 5.32 Å². The van der Waals surface area contributed by atoms with Crippen LogP contribution in [-0.2, 0) is 20.6 Å². The van der Waals surface area contributed by atoms with Crippen molar-refractivity contribution >= 4 is 23.4 Å². The van der Waals surface area contributed by atoms with Gasteiger partial charge in [0, 0.05) is 19.4 Å². The zero-order chi connectivity index (χ0) is 22.1. The molecule has 158 valence electrons. The first-order valence-corrected chi connectivity index (χ1v) is 8.84. The fourth-order valence-electron chi connectivity index (χ4n) is 3.08. The summed E-state index contributed by atoms with van der Waals surface area (Å²) in [6.45, 7) is 1.15. The maximum Gasteiger partial charge on any atom is 0.416 e. The van der Waals surface area contributed by atoms with E-state index in [-0.39, 0.29) is 30.0 Å². The molecule has 0 aromatic heterocycles. The number of alkyl halides is 3. The largest absolute Gasteiger partial charge is 0.457 e. The fourth-order valence-corrected chi connectivity index (χ4v) is 3.08. The van der Waals surface area contributed by atoms with Crippen LogP contribution in [0.1, 0.15) is 25.3 Å². The Labute approximate surface area is 168 Å². The monoisotopic (exact) mass is 424 g/mol. The van der Waals surface area contributed by atoms with Crippen LogP contribution >= 0.6 is 0 Å². The Hall–Kier alpha value is -3.43. The lowest BCUT2D eigenvalue weighted by Crippen LogP contribution is -2.44. The number of nitrogens with one attached hydrogen (secondary N) is 1. The van der Waals surface area contributed by atoms with Gasteiger partial charge in [0.05, 0.1) is 11.3 Å². The molecule has 0 radical (unpaired) electrons. The summed E-state index contributed by atoms with van der Waals surface area (Å²) in [5.41, 5.74) is -1.21. The number of nitrogens with zero attached hydrogens (tertiary/aromatic N) is 1. The second kappa shape index (κ2) is 8.13. The van der Waals surface area contributed by atoms with Gasteiger partial charge in [0.25, 0.3) is 0 Å². The third-order valence-corrected chi connectivity index (χ3v) is 4.45. The Balaban J connectivity index is 1.78. The van der Waals surface area contributed by atoms with E-state index in [1.165, 1.54) is 12.1 Å². The molecular weight excluding hydrogens is 408 g/mol. The summed E-state index contributed by atoms with van der Waals surface area (Å²) in [6, 6.07) is 6.32. The van der Waals surface area contributed by atoms with Gasteiger partial charge in [-0.3, -0.25) is 19.3 Å². The number of halogens is 4. The van der Waals surface area contributed by atoms with Gasteiger partial charge in [-0.05, 0) is 36.8 Å². The normalized spacial score (nSPS) is 16.5. The van der Waals surface area contributed by atoms with Crippen LogP contribution in [0, 0.1) is 5.82 Å². The molecule has 1 aliphatic heterocycles. The Kier molecular flexibility index (Phi) is 5.77. The molecule has 3 amide bonds. The number of hydrogen-bond donors (Lipinski definition) is 1. The molecule has 10 heteroatoms. The van der Waals surface area contributed by atoms with Crippen LogP contribution in [0.5, 0.6) is 11.5 Å². The number of imide groups is 1. The van der Waals surface area contributed by atoms with Crippen molar-refractivity contribution in [1.82, 2.24) is 4.90 Å². The van der Waals surface area contributed by atoms with Crippen LogP contribution < -0.4 is 10.1 Å². The van der Waals surface area contributed by atoms with Gasteiger partial charge in [-0.15, -0.1) is 0 Å². The van der Waals surface area contributed by atoms with E-state index in [2.05, 4.69) is 5.32 Å². The number of carbonyl (C=O) groups excluding carboxylic acids is 3. The lowest BCUT2D eigenvalue weighted by atomic mass is 10.2. The smallest absolute Gasteiger partial charge is 0.416 e. The van der Waals surface area contributed by atoms with Crippen LogP contribution in [0.25, 0.3) is 0 Å². The SMILES string of the molecule is CC(=O)N1C(=O)CCC1C(=O)Nc1cc(Oc2cccc(C(F)(F)F)c2)ccc1F. The molecular formula is C20H16F4N2O4. The quantitative estimate of drug-likeness (QED) is 0.750. The van der Waals surface area contributed by atoms with Gasteiger partial charge < -0.3 is 10.1 Å². The number of likely N-dealkylation sites (tertiary alicyclic amines) is 1. The highest BCUT2D eigenvalue weighted by molar-refractivity contribution is 6.05. The highest BCUT2D eigenvalue weighted by Gasteiger charge is 2.38. The molecule has 1 heterocycles. The van der Waals surface area contributed by atoms with Gasteiger partial charge in [0.15, 0.2) is 0 Å². The molecule has 0 saturated carbocycles. The third kappa shape index (κ3) is 4.58. The predicted molar refractivity (Wildman–Crippen MR) is 97.1 cm³/mol. The topological polar surface area (TPSA) is 75.7 Å². The molecule has 1 N–H and O–H groups in total. The Bertz CT molecular complexity index is 1010. The van der Waals surface area contributed by atoms with Gasteiger partial charge >= 0.3 is 6.18 Å². The van der Waals surface area contributed by atoms with Crippen LogP contribution in [-0.4, -0.2) is 28.7 Å². The molecule has 1 unspecified atom stereocenters. The summed E-state index contributed by atoms with van der Waals surface area (Å²) in [7, 11) is 0. The van der Waals surface area contributed by atoms with Crippen molar-refractivity contribution in [2.45, 2.75) is 32.0 Å². The van der Waals surface area contributed by atoms with E-state index in [0.29, 0.717) is 0 Å². The van der Waals surface area contributed by atoms with Crippen LogP contribution in [0.15, 0.2) is 42.5 Å². The van der Waals surface area contributed by atoms with Gasteiger partial charge in [0.2, 0.25) is 17.7 Å². The molecule has 6 nitrogen and oxygen atoms in total. The minimum Gasteiger partial charge on any atom is -0.457 e. The van der Waals surface area contributed by atoms with Gasteiger partial charge in [-0.1, -0.05) is 6.07 Å². The van der Waals surface area contributed by atoms with E-state index in [1.807, 2.05) is 0 Å². The molecule has 0 aliphatic carbocycles. The van der Waals surface area contributed by atoms with Crippen molar-refractivity contribution < 1.29 is 36.7 Å². The number of anilines is 1. The molecule has 2 aromatic carbocycles. The van der Waals surface area contributed by atoms with E-state index in [9.17, 15) is 31.9 Å². The summed E-state index contributed by atoms with van der Waals surface area (Å²) in [4.78, 5) is 36.6. The van der Waals surface area contributed by atoms with Crippen molar-refractivity contribution in [2.24, 2.45) is 0 Å². The first-order chi connectivity index (χ1) is 14.1. The summed E-state index contributed by atoms with van der Waals surface area (Å²) >= 11 is 0. The molecule has 3 rings (SSSR count). The van der Waals surface area contributed by atoms with Crippen molar-refractivity contribution in [1.29, 1.82) is 0 Å². The summed E-state index contributed by atoms with van der Waals surface area (Å²) in [6.07, 6.45) is -4.44. The average Bonchev–Trinajstić information content (AvgIpc) is 3.06. The number of rotatable bonds is 4. The number of carbonyl (C=O) groups is 3. The van der Waals surface area contributed by atoms with Gasteiger partial charge in [-0.2, -0.15) is 13.2 Å². The summed E-state index contributed by atoms with van der Waals surface area (Å²) in [5, 5.41) is 2.30. The lowest BCUT2D eigenvalue weighted by molar-refractivity contribution is -0.145. The second-order valence-corrected chi connectivity index (χ2v) is 6.60. The summed E-state index contributed by atoms with van der Waals surface area (Å²) in [5.74, 6) is -2.82. The number of ether oxygens (including phenoxy) is 1. The first-order valence-electron chi connectivity index (χ1n) is 8.84. The van der Waals surface area contributed by atoms with Crippen molar-refractivity contribution in [3.05, 3.63) is 53.8 Å². The van der Waals surface area contributed by atoms with Gasteiger partial charge in [0.1, 0.15) is 23.4 Å². The zero-order valence-corrected chi connectivity index (χ0v) is 15.6. The molecule has 30 heavy (non-hydrogen) atoms. The fraction of sp³-hybridized carbons (Fsp3) is 0.250. The number of hydrogen-bond acceptors (Lipinski definition) is 4. The van der Waals surface area contributed by atoms with E-state index in [1.54, 1.807) is 0 Å². The molecule has 1 fully saturated rings. The highest BCUT2D eigenvalue weighted by atomic mass is 19.4. The molecule has 0 bridgehead atoms. The Morgan fingerprint density at radius 1 is 1.13 bits per heavy atom. The number of benzene rings is 2. The van der Waals surface area contributed by atoms with Crippen molar-refractivity contribution in [3.8, 4) is 11.5 Å². The van der Waals surface area contributed by atoms with Gasteiger partial charge in [-0.25, -0.2) is 4.39 Å². The highest BCUT2D eigenvalue weighted by Crippen LogP contribution is 2.33. The van der Waals surface area contributed by atoms with E-state index >= 15 is 0 Å². The summed E-state index contributed by atoms with van der Waals surface area (Å²) < 4.78 is 58.0. The molecule has 0 spiro atoms. The lowest BCUT2D eigenvalue weighted by Gasteiger charge is -2.21. The first kappa shape index (κ1) is 21.3. The van der Waals surface area contributed by atoms with Crippen LogP contribution in [0.4, 0.5) is 23.2 Å². The standard InChI is InChI=1S/C20H16F4N2O4/c1-11(27)26-17(7-8-18(26)28)19(29)25-16-10-14(5-6-15(16)21)30-13-4-2-3-12(9-13)20(22,23)24/h2-6,9-10,17H,7-8H2,1H3,(H,25,29). The molecule has 1 atom stereocenters. The maximum atomic E-state index is 14.1. The minimum absolute atomic E-state index is 0.0127. The zero-order valence-electron chi connectivity index (χ0n) is 15.6. The third-order valence-electron chi connectivity index (χ3n) is 4.45. The predicted octanol–water partition coefficient (Wildman–Crippen LogP) is 4.11. The average molecular weight is 424 g/mol. The van der Waals surface area contributed by atoms with Crippen molar-refractivity contribution in [3.63, 3.8) is 0 Å². The minimum atomic E-state index is -4.55. The maximum absolute atomic E-state index is 14.1.